The van der Waals surface area contributed by atoms with Crippen LogP contribution in [0.3, 0.4) is 0 Å². The van der Waals surface area contributed by atoms with Crippen LogP contribution in [-0.2, 0) is 14.3 Å². The quantitative estimate of drug-likeness (QED) is 0.565. The Hall–Kier alpha value is -0.130. The van der Waals surface area contributed by atoms with Crippen LogP contribution in [0.5, 0.6) is 0 Å². The van der Waals surface area contributed by atoms with Crippen molar-refractivity contribution in [2.45, 2.75) is 17.7 Å². The van der Waals surface area contributed by atoms with Gasteiger partial charge in [0, 0.05) is 26.3 Å². The number of esters is 1. The number of carbonyl (C=O) groups excluding carboxylic acids is 1. The molecule has 1 rings (SSSR count). The van der Waals surface area contributed by atoms with Crippen LogP contribution in [0.25, 0.3) is 0 Å². The predicted octanol–water partition coefficient (Wildman–Crippen LogP) is 1.28. The highest BCUT2D eigenvalue weighted by atomic mass is 79.9. The summed E-state index contributed by atoms with van der Waals surface area (Å²) in [6, 6.07) is 0. The number of hydrogen-bond acceptors (Lipinski definition) is 4. The molecule has 0 aromatic heterocycles. The van der Waals surface area contributed by atoms with Gasteiger partial charge in [0.1, 0.15) is 4.83 Å². The number of methoxy groups -OCH3 is 1. The summed E-state index contributed by atoms with van der Waals surface area (Å²) in [6.07, 6.45) is 2.24. The Bertz CT molecular complexity index is 219. The maximum Gasteiger partial charge on any atom is 0.320 e. The van der Waals surface area contributed by atoms with Crippen LogP contribution in [0.15, 0.2) is 0 Å². The molecule has 0 aromatic carbocycles. The van der Waals surface area contributed by atoms with E-state index in [1.165, 1.54) is 7.11 Å². The molecule has 1 atom stereocenters. The SMILES string of the molecule is COC(=O)C(Br)CN(C)CC1CCOCC1. The van der Waals surface area contributed by atoms with Gasteiger partial charge in [-0.3, -0.25) is 4.79 Å². The summed E-state index contributed by atoms with van der Waals surface area (Å²) in [5.74, 6) is 0.481. The Balaban J connectivity index is 2.23. The van der Waals surface area contributed by atoms with E-state index in [-0.39, 0.29) is 10.8 Å². The number of ether oxygens (including phenoxy) is 2. The third kappa shape index (κ3) is 4.80. The van der Waals surface area contributed by atoms with E-state index in [1.54, 1.807) is 0 Å². The van der Waals surface area contributed by atoms with Crippen LogP contribution >= 0.6 is 15.9 Å². The second kappa shape index (κ2) is 7.25. The summed E-state index contributed by atoms with van der Waals surface area (Å²) in [6.45, 7) is 3.44. The molecular weight excluding hydrogens is 274 g/mol. The van der Waals surface area contributed by atoms with E-state index in [2.05, 4.69) is 25.6 Å². The zero-order chi connectivity index (χ0) is 12.0. The molecule has 1 aliphatic rings. The summed E-state index contributed by atoms with van der Waals surface area (Å²) >= 11 is 3.33. The van der Waals surface area contributed by atoms with Crippen molar-refractivity contribution in [2.24, 2.45) is 5.92 Å². The van der Waals surface area contributed by atoms with Gasteiger partial charge < -0.3 is 14.4 Å². The van der Waals surface area contributed by atoms with Crippen LogP contribution < -0.4 is 0 Å². The standard InChI is InChI=1S/C11H20BrNO3/c1-13(8-10(12)11(14)15-2)7-9-3-5-16-6-4-9/h9-10H,3-8H2,1-2H3. The van der Waals surface area contributed by atoms with E-state index in [0.29, 0.717) is 12.5 Å². The molecule has 0 N–H and O–H groups in total. The molecule has 16 heavy (non-hydrogen) atoms. The second-order valence-electron chi connectivity index (χ2n) is 4.27. The van der Waals surface area contributed by atoms with Crippen molar-refractivity contribution in [3.8, 4) is 0 Å². The first-order chi connectivity index (χ1) is 7.63. The minimum absolute atomic E-state index is 0.209. The summed E-state index contributed by atoms with van der Waals surface area (Å²) in [5, 5.41) is 0. The van der Waals surface area contributed by atoms with Gasteiger partial charge in [-0.15, -0.1) is 0 Å². The van der Waals surface area contributed by atoms with Crippen molar-refractivity contribution in [3.63, 3.8) is 0 Å². The molecule has 0 aliphatic carbocycles. The fourth-order valence-electron chi connectivity index (χ4n) is 1.92. The van der Waals surface area contributed by atoms with Crippen LogP contribution in [0, 0.1) is 5.92 Å². The number of carbonyl (C=O) groups is 1. The number of hydrogen-bond donors (Lipinski definition) is 0. The molecule has 1 fully saturated rings. The molecule has 1 unspecified atom stereocenters. The lowest BCUT2D eigenvalue weighted by atomic mass is 10.00. The highest BCUT2D eigenvalue weighted by molar-refractivity contribution is 9.10. The van der Waals surface area contributed by atoms with E-state index in [4.69, 9.17) is 4.74 Å². The Morgan fingerprint density at radius 2 is 2.19 bits per heavy atom. The molecule has 1 saturated heterocycles. The van der Waals surface area contributed by atoms with Crippen molar-refractivity contribution in [1.29, 1.82) is 0 Å². The minimum Gasteiger partial charge on any atom is -0.468 e. The van der Waals surface area contributed by atoms with Crippen molar-refractivity contribution < 1.29 is 14.3 Å². The largest absolute Gasteiger partial charge is 0.468 e. The van der Waals surface area contributed by atoms with E-state index in [9.17, 15) is 4.79 Å². The molecule has 0 spiro atoms. The van der Waals surface area contributed by atoms with Gasteiger partial charge >= 0.3 is 5.97 Å². The Labute approximate surface area is 105 Å². The van der Waals surface area contributed by atoms with Gasteiger partial charge in [-0.05, 0) is 25.8 Å². The lowest BCUT2D eigenvalue weighted by Gasteiger charge is -2.27. The Morgan fingerprint density at radius 1 is 1.56 bits per heavy atom. The van der Waals surface area contributed by atoms with Gasteiger partial charge in [0.2, 0.25) is 0 Å². The molecule has 1 aliphatic heterocycles. The number of halogens is 1. The fourth-order valence-corrected chi connectivity index (χ4v) is 2.60. The van der Waals surface area contributed by atoms with E-state index in [1.807, 2.05) is 7.05 Å². The Kier molecular flexibility index (Phi) is 6.31. The molecule has 4 nitrogen and oxygen atoms in total. The molecule has 94 valence electrons. The lowest BCUT2D eigenvalue weighted by molar-refractivity contribution is -0.140. The van der Waals surface area contributed by atoms with Crippen molar-refractivity contribution in [2.75, 3.05) is 40.5 Å². The van der Waals surface area contributed by atoms with E-state index in [0.717, 1.165) is 32.6 Å². The minimum atomic E-state index is -0.234. The molecular formula is C11H20BrNO3. The van der Waals surface area contributed by atoms with Crippen LogP contribution in [0.4, 0.5) is 0 Å². The summed E-state index contributed by atoms with van der Waals surface area (Å²) in [4.78, 5) is 13.2. The van der Waals surface area contributed by atoms with Gasteiger partial charge in [0.05, 0.1) is 7.11 Å². The number of nitrogens with zero attached hydrogens (tertiary/aromatic N) is 1. The lowest BCUT2D eigenvalue weighted by Crippen LogP contribution is -2.36. The normalized spacial score (nSPS) is 19.8. The highest BCUT2D eigenvalue weighted by Gasteiger charge is 2.20. The second-order valence-corrected chi connectivity index (χ2v) is 5.37. The van der Waals surface area contributed by atoms with Crippen molar-refractivity contribution >= 4 is 21.9 Å². The summed E-state index contributed by atoms with van der Waals surface area (Å²) < 4.78 is 9.99. The Morgan fingerprint density at radius 3 is 2.75 bits per heavy atom. The smallest absolute Gasteiger partial charge is 0.320 e. The molecule has 0 saturated carbocycles. The van der Waals surface area contributed by atoms with E-state index < -0.39 is 0 Å². The average molecular weight is 294 g/mol. The van der Waals surface area contributed by atoms with Gasteiger partial charge in [0.25, 0.3) is 0 Å². The van der Waals surface area contributed by atoms with Crippen LogP contribution in [-0.4, -0.2) is 56.2 Å². The van der Waals surface area contributed by atoms with Gasteiger partial charge in [-0.25, -0.2) is 0 Å². The molecule has 0 bridgehead atoms. The summed E-state index contributed by atoms with van der Waals surface area (Å²) in [5.41, 5.74) is 0. The number of alkyl halides is 1. The van der Waals surface area contributed by atoms with Crippen molar-refractivity contribution in [3.05, 3.63) is 0 Å². The summed E-state index contributed by atoms with van der Waals surface area (Å²) in [7, 11) is 3.45. The topological polar surface area (TPSA) is 38.8 Å². The molecule has 0 radical (unpaired) electrons. The third-order valence-electron chi connectivity index (χ3n) is 2.84. The zero-order valence-electron chi connectivity index (χ0n) is 9.95. The predicted molar refractivity (Wildman–Crippen MR) is 65.8 cm³/mol. The number of rotatable bonds is 5. The first-order valence-electron chi connectivity index (χ1n) is 5.61. The monoisotopic (exact) mass is 293 g/mol. The maximum atomic E-state index is 11.2. The van der Waals surface area contributed by atoms with Crippen molar-refractivity contribution in [1.82, 2.24) is 4.90 Å². The van der Waals surface area contributed by atoms with Crippen LogP contribution in [0.1, 0.15) is 12.8 Å². The fraction of sp³-hybridized carbons (Fsp3) is 0.909. The van der Waals surface area contributed by atoms with Gasteiger partial charge in [-0.1, -0.05) is 15.9 Å². The molecule has 0 amide bonds. The maximum absolute atomic E-state index is 11.2. The van der Waals surface area contributed by atoms with E-state index >= 15 is 0 Å². The van der Waals surface area contributed by atoms with Crippen LogP contribution in [0.2, 0.25) is 0 Å². The first kappa shape index (κ1) is 13.9. The molecule has 5 heteroatoms. The average Bonchev–Trinajstić information content (AvgIpc) is 2.29. The van der Waals surface area contributed by atoms with Gasteiger partial charge in [0.15, 0.2) is 0 Å². The third-order valence-corrected chi connectivity index (χ3v) is 3.50. The first-order valence-corrected chi connectivity index (χ1v) is 6.53. The zero-order valence-corrected chi connectivity index (χ0v) is 11.5. The van der Waals surface area contributed by atoms with Gasteiger partial charge in [-0.2, -0.15) is 0 Å². The highest BCUT2D eigenvalue weighted by Crippen LogP contribution is 2.16. The molecule has 1 heterocycles. The molecule has 0 aromatic rings.